The van der Waals surface area contributed by atoms with Gasteiger partial charge in [0.15, 0.2) is 0 Å². The van der Waals surface area contributed by atoms with Crippen LogP contribution in [0, 0.1) is 0 Å². The molecule has 57 heavy (non-hydrogen) atoms. The first kappa shape index (κ1) is 42.5. The van der Waals surface area contributed by atoms with Gasteiger partial charge in [-0.2, -0.15) is 0 Å². The molecular weight excluding hydrogens is 723 g/mol. The molecule has 2 aliphatic heterocycles. The second kappa shape index (κ2) is 20.0. The number of carbonyl (C=O) groups excluding carboxylic acids is 1. The average Bonchev–Trinajstić information content (AvgIpc) is 3.53. The van der Waals surface area contributed by atoms with Gasteiger partial charge in [-0.3, -0.25) is 4.90 Å². The maximum absolute atomic E-state index is 13.5. The zero-order valence-electron chi connectivity index (χ0n) is 33.9. The minimum Gasteiger partial charge on any atom is -0.444 e. The molecule has 1 N–H and O–H groups in total. The maximum Gasteiger partial charge on any atom is 0.412 e. The lowest BCUT2D eigenvalue weighted by atomic mass is 9.90. The molecule has 306 valence electrons. The van der Waals surface area contributed by atoms with Crippen molar-refractivity contribution >= 4 is 6.09 Å². The summed E-state index contributed by atoms with van der Waals surface area (Å²) in [6.45, 7) is 10.9. The van der Waals surface area contributed by atoms with E-state index in [1.54, 1.807) is 0 Å². The Hall–Kier alpha value is -4.13. The van der Waals surface area contributed by atoms with Gasteiger partial charge in [0.25, 0.3) is 0 Å². The Morgan fingerprint density at radius 3 is 1.61 bits per heavy atom. The number of benzene rings is 4. The first-order chi connectivity index (χ1) is 27.5. The van der Waals surface area contributed by atoms with Gasteiger partial charge in [0.05, 0.1) is 57.9 Å². The van der Waals surface area contributed by atoms with Gasteiger partial charge in [-0.1, -0.05) is 121 Å². The van der Waals surface area contributed by atoms with E-state index < -0.39 is 60.1 Å². The fourth-order valence-corrected chi connectivity index (χ4v) is 7.43. The Morgan fingerprint density at radius 2 is 1.14 bits per heavy atom. The van der Waals surface area contributed by atoms with E-state index in [4.69, 9.17) is 33.2 Å². The number of ether oxygens (including phenoxy) is 7. The van der Waals surface area contributed by atoms with Crippen LogP contribution >= 0.6 is 0 Å². The van der Waals surface area contributed by atoms with Crippen LogP contribution in [0.4, 0.5) is 4.79 Å². The van der Waals surface area contributed by atoms with Crippen molar-refractivity contribution in [3.05, 3.63) is 144 Å². The van der Waals surface area contributed by atoms with E-state index in [9.17, 15) is 9.90 Å². The van der Waals surface area contributed by atoms with Crippen LogP contribution in [0.2, 0.25) is 0 Å². The Balaban J connectivity index is 1.29. The van der Waals surface area contributed by atoms with Gasteiger partial charge < -0.3 is 38.3 Å². The van der Waals surface area contributed by atoms with Gasteiger partial charge in [0.2, 0.25) is 0 Å². The summed E-state index contributed by atoms with van der Waals surface area (Å²) in [5.41, 5.74) is 2.42. The van der Waals surface area contributed by atoms with Crippen molar-refractivity contribution in [3.63, 3.8) is 0 Å². The van der Waals surface area contributed by atoms with Crippen LogP contribution in [0.25, 0.3) is 0 Å². The molecule has 0 radical (unpaired) electrons. The number of amides is 1. The lowest BCUT2D eigenvalue weighted by Crippen LogP contribution is -2.61. The van der Waals surface area contributed by atoms with Gasteiger partial charge in [0.1, 0.15) is 35.7 Å². The van der Waals surface area contributed by atoms with Crippen molar-refractivity contribution in [2.75, 3.05) is 13.2 Å². The highest BCUT2D eigenvalue weighted by atomic mass is 16.6. The fourth-order valence-electron chi connectivity index (χ4n) is 7.43. The van der Waals surface area contributed by atoms with Crippen molar-refractivity contribution in [1.82, 2.24) is 4.90 Å². The molecule has 6 rings (SSSR count). The van der Waals surface area contributed by atoms with E-state index >= 15 is 0 Å². The summed E-state index contributed by atoms with van der Waals surface area (Å²) in [5, 5.41) is 11.8. The summed E-state index contributed by atoms with van der Waals surface area (Å²) < 4.78 is 45.7. The zero-order chi connectivity index (χ0) is 40.3. The summed E-state index contributed by atoms with van der Waals surface area (Å²) in [6, 6.07) is 39.5. The lowest BCUT2D eigenvalue weighted by molar-refractivity contribution is -0.274. The number of rotatable bonds is 17. The van der Waals surface area contributed by atoms with E-state index in [1.165, 1.54) is 4.90 Å². The van der Waals surface area contributed by atoms with Gasteiger partial charge in [-0.25, -0.2) is 4.79 Å². The molecule has 0 aromatic heterocycles. The number of nitrogens with zero attached hydrogens (tertiary/aromatic N) is 1. The molecule has 1 amide bonds. The van der Waals surface area contributed by atoms with Crippen molar-refractivity contribution in [2.24, 2.45) is 0 Å². The molecule has 2 heterocycles. The number of hydrogen-bond acceptors (Lipinski definition) is 9. The van der Waals surface area contributed by atoms with E-state index in [-0.39, 0.29) is 19.6 Å². The molecule has 4 aromatic carbocycles. The van der Waals surface area contributed by atoms with Crippen LogP contribution in [0.3, 0.4) is 0 Å². The third-order valence-corrected chi connectivity index (χ3v) is 10.3. The van der Waals surface area contributed by atoms with Gasteiger partial charge in [-0.05, 0) is 69.7 Å². The van der Waals surface area contributed by atoms with Crippen LogP contribution < -0.4 is 0 Å². The maximum atomic E-state index is 13.5. The summed E-state index contributed by atoms with van der Waals surface area (Å²) >= 11 is 0. The minimum absolute atomic E-state index is 0.168. The molecule has 7 atom stereocenters. The molecule has 10 nitrogen and oxygen atoms in total. The Morgan fingerprint density at radius 1 is 0.702 bits per heavy atom. The van der Waals surface area contributed by atoms with Gasteiger partial charge >= 0.3 is 6.09 Å². The molecule has 0 saturated carbocycles. The molecule has 0 spiro atoms. The standard InChI is InChI=1S/C47H59NO9/c1-46(2,3)57-45(50)48-38(32-55-47(48,4)5)39(49)26-27-40-42(52-29-35-20-12-7-13-21-35)44(54-31-37-24-16-9-17-25-37)43(53-30-36-22-14-8-15-23-36)41(56-40)33-51-28-34-18-10-6-11-19-34/h6-25,38-44,49H,26-33H2,1-5H3/t38-,39-,40+,41-,42+,43-,44-/m1/s1. The molecule has 2 saturated heterocycles. The third-order valence-electron chi connectivity index (χ3n) is 10.3. The van der Waals surface area contributed by atoms with Crippen LogP contribution in [0.5, 0.6) is 0 Å². The third kappa shape index (κ3) is 12.2. The van der Waals surface area contributed by atoms with Crippen LogP contribution in [0.15, 0.2) is 121 Å². The first-order valence-electron chi connectivity index (χ1n) is 20.0. The molecule has 10 heteroatoms. The number of hydrogen-bond donors (Lipinski definition) is 1. The number of aliphatic hydroxyl groups excluding tert-OH is 1. The van der Waals surface area contributed by atoms with Crippen LogP contribution in [0.1, 0.15) is 69.7 Å². The molecule has 0 aliphatic carbocycles. The molecule has 0 bridgehead atoms. The number of aliphatic hydroxyl groups is 1. The van der Waals surface area contributed by atoms with E-state index in [0.29, 0.717) is 32.8 Å². The summed E-state index contributed by atoms with van der Waals surface area (Å²) in [7, 11) is 0. The highest BCUT2D eigenvalue weighted by Gasteiger charge is 2.51. The Kier molecular flexibility index (Phi) is 14.9. The second-order valence-electron chi connectivity index (χ2n) is 16.3. The number of carbonyl (C=O) groups is 1. The molecule has 2 fully saturated rings. The first-order valence-corrected chi connectivity index (χ1v) is 20.0. The van der Waals surface area contributed by atoms with Crippen molar-refractivity contribution in [3.8, 4) is 0 Å². The normalized spacial score (nSPS) is 23.9. The van der Waals surface area contributed by atoms with Crippen molar-refractivity contribution < 1.29 is 43.1 Å². The smallest absolute Gasteiger partial charge is 0.412 e. The highest BCUT2D eigenvalue weighted by molar-refractivity contribution is 5.70. The molecule has 2 aliphatic rings. The molecule has 4 aromatic rings. The average molecular weight is 782 g/mol. The second-order valence-corrected chi connectivity index (χ2v) is 16.3. The monoisotopic (exact) mass is 781 g/mol. The van der Waals surface area contributed by atoms with Crippen molar-refractivity contribution in [2.45, 2.75) is 128 Å². The topological polar surface area (TPSA) is 105 Å². The lowest BCUT2D eigenvalue weighted by Gasteiger charge is -2.46. The minimum atomic E-state index is -0.961. The van der Waals surface area contributed by atoms with E-state index in [2.05, 4.69) is 0 Å². The molecular formula is C47H59NO9. The largest absolute Gasteiger partial charge is 0.444 e. The van der Waals surface area contributed by atoms with Crippen LogP contribution in [-0.2, 0) is 59.6 Å². The predicted octanol–water partition coefficient (Wildman–Crippen LogP) is 8.24. The summed E-state index contributed by atoms with van der Waals surface area (Å²) in [5.74, 6) is 0. The fraction of sp³-hybridized carbons (Fsp3) is 0.468. The van der Waals surface area contributed by atoms with E-state index in [0.717, 1.165) is 22.3 Å². The highest BCUT2D eigenvalue weighted by Crippen LogP contribution is 2.36. The molecule has 0 unspecified atom stereocenters. The Bertz CT molecular complexity index is 1770. The predicted molar refractivity (Wildman–Crippen MR) is 217 cm³/mol. The van der Waals surface area contributed by atoms with Gasteiger partial charge in [0, 0.05) is 0 Å². The summed E-state index contributed by atoms with van der Waals surface area (Å²) in [4.78, 5) is 15.0. The van der Waals surface area contributed by atoms with Crippen LogP contribution in [-0.4, -0.2) is 83.3 Å². The Labute approximate surface area is 337 Å². The SMILES string of the molecule is CC(C)(C)OC(=O)N1[C@@H]([C@H](O)CC[C@@H]2O[C@H](COCc3ccccc3)[C@@H](OCc3ccccc3)[C@H](OCc3ccccc3)[C@H]2OCc2ccccc2)COC1(C)C. The quantitative estimate of drug-likeness (QED) is 0.113. The zero-order valence-corrected chi connectivity index (χ0v) is 33.9. The summed E-state index contributed by atoms with van der Waals surface area (Å²) in [6.07, 6.45) is -3.60. The van der Waals surface area contributed by atoms with Crippen molar-refractivity contribution in [1.29, 1.82) is 0 Å². The van der Waals surface area contributed by atoms with E-state index in [1.807, 2.05) is 156 Å². The van der Waals surface area contributed by atoms with Gasteiger partial charge in [-0.15, -0.1) is 0 Å².